The van der Waals surface area contributed by atoms with Crippen LogP contribution < -0.4 is 10.5 Å². The topological polar surface area (TPSA) is 55.6 Å². The van der Waals surface area contributed by atoms with Crippen LogP contribution in [0.15, 0.2) is 18.2 Å². The lowest BCUT2D eigenvalue weighted by Gasteiger charge is -2.31. The first-order valence-electron chi connectivity index (χ1n) is 6.35. The van der Waals surface area contributed by atoms with Gasteiger partial charge in [0.2, 0.25) is 0 Å². The number of hydrogen-bond donors (Lipinski definition) is 1. The lowest BCUT2D eigenvalue weighted by atomic mass is 9.98. The summed E-state index contributed by atoms with van der Waals surface area (Å²) < 4.78 is 5.23. The second kappa shape index (κ2) is 5.29. The number of anilines is 1. The highest BCUT2D eigenvalue weighted by atomic mass is 16.5. The number of amides is 1. The molecule has 0 aliphatic carbocycles. The number of rotatable bonds is 2. The fourth-order valence-electron chi connectivity index (χ4n) is 2.32. The van der Waals surface area contributed by atoms with E-state index >= 15 is 0 Å². The maximum absolute atomic E-state index is 12.5. The number of benzene rings is 1. The van der Waals surface area contributed by atoms with Crippen molar-refractivity contribution < 1.29 is 9.53 Å². The van der Waals surface area contributed by atoms with Crippen molar-refractivity contribution in [2.24, 2.45) is 5.92 Å². The molecule has 4 heteroatoms. The van der Waals surface area contributed by atoms with Gasteiger partial charge in [0, 0.05) is 18.8 Å². The van der Waals surface area contributed by atoms with Crippen LogP contribution in [0.25, 0.3) is 0 Å². The molecular formula is C14H20N2O2. The summed E-state index contributed by atoms with van der Waals surface area (Å²) in [6.07, 6.45) is 2.11. The van der Waals surface area contributed by atoms with Crippen molar-refractivity contribution in [3.05, 3.63) is 23.8 Å². The molecule has 0 bridgehead atoms. The largest absolute Gasteiger partial charge is 0.496 e. The molecule has 0 unspecified atom stereocenters. The van der Waals surface area contributed by atoms with Gasteiger partial charge >= 0.3 is 0 Å². The molecule has 1 aromatic rings. The molecule has 18 heavy (non-hydrogen) atoms. The summed E-state index contributed by atoms with van der Waals surface area (Å²) in [4.78, 5) is 14.3. The van der Waals surface area contributed by atoms with Gasteiger partial charge in [0.15, 0.2) is 0 Å². The molecule has 0 spiro atoms. The highest BCUT2D eigenvalue weighted by Crippen LogP contribution is 2.27. The van der Waals surface area contributed by atoms with E-state index in [1.165, 1.54) is 0 Å². The van der Waals surface area contributed by atoms with Crippen LogP contribution in [0.1, 0.15) is 30.1 Å². The summed E-state index contributed by atoms with van der Waals surface area (Å²) in [5.41, 5.74) is 6.88. The summed E-state index contributed by atoms with van der Waals surface area (Å²) >= 11 is 0. The van der Waals surface area contributed by atoms with Crippen molar-refractivity contribution in [2.75, 3.05) is 25.9 Å². The standard InChI is InChI=1S/C14H20N2O2/c1-10-6-8-16(9-7-10)14(17)13-11(15)4-3-5-12(13)18-2/h3-5,10H,6-9,15H2,1-2H3. The Balaban J connectivity index is 2.23. The zero-order chi connectivity index (χ0) is 13.1. The van der Waals surface area contributed by atoms with Gasteiger partial charge in [-0.05, 0) is 30.9 Å². The van der Waals surface area contributed by atoms with E-state index in [1.54, 1.807) is 25.3 Å². The summed E-state index contributed by atoms with van der Waals surface area (Å²) in [5, 5.41) is 0. The Kier molecular flexibility index (Phi) is 3.75. The number of carbonyl (C=O) groups excluding carboxylic acids is 1. The van der Waals surface area contributed by atoms with Crippen LogP contribution in [-0.4, -0.2) is 31.0 Å². The maximum atomic E-state index is 12.5. The Hall–Kier alpha value is -1.71. The molecule has 0 saturated carbocycles. The van der Waals surface area contributed by atoms with Gasteiger partial charge in [-0.15, -0.1) is 0 Å². The SMILES string of the molecule is COc1cccc(N)c1C(=O)N1CCC(C)CC1. The number of nitrogen functional groups attached to an aromatic ring is 1. The molecule has 1 aromatic carbocycles. The quantitative estimate of drug-likeness (QED) is 0.816. The molecule has 1 fully saturated rings. The number of likely N-dealkylation sites (tertiary alicyclic amines) is 1. The average molecular weight is 248 g/mol. The lowest BCUT2D eigenvalue weighted by Crippen LogP contribution is -2.38. The molecule has 0 radical (unpaired) electrons. The zero-order valence-electron chi connectivity index (χ0n) is 11.0. The van der Waals surface area contributed by atoms with Crippen LogP contribution >= 0.6 is 0 Å². The molecule has 2 N–H and O–H groups in total. The molecular weight excluding hydrogens is 228 g/mol. The van der Waals surface area contributed by atoms with Crippen LogP contribution in [-0.2, 0) is 0 Å². The molecule has 1 aliphatic heterocycles. The van der Waals surface area contributed by atoms with Crippen LogP contribution in [0, 0.1) is 5.92 Å². The maximum Gasteiger partial charge on any atom is 0.259 e. The minimum atomic E-state index is -0.0168. The average Bonchev–Trinajstić information content (AvgIpc) is 2.38. The van der Waals surface area contributed by atoms with Crippen molar-refractivity contribution in [1.82, 2.24) is 4.90 Å². The van der Waals surface area contributed by atoms with E-state index in [2.05, 4.69) is 6.92 Å². The third-order valence-electron chi connectivity index (χ3n) is 3.56. The van der Waals surface area contributed by atoms with Crippen molar-refractivity contribution in [3.63, 3.8) is 0 Å². The summed E-state index contributed by atoms with van der Waals surface area (Å²) in [7, 11) is 1.56. The third kappa shape index (κ3) is 2.42. The molecule has 1 amide bonds. The number of carbonyl (C=O) groups is 1. The first-order valence-corrected chi connectivity index (χ1v) is 6.35. The van der Waals surface area contributed by atoms with Gasteiger partial charge in [0.25, 0.3) is 5.91 Å². The summed E-state index contributed by atoms with van der Waals surface area (Å²) in [6, 6.07) is 5.31. The van der Waals surface area contributed by atoms with Crippen LogP contribution in [0.3, 0.4) is 0 Å². The second-order valence-corrected chi connectivity index (χ2v) is 4.90. The van der Waals surface area contributed by atoms with E-state index in [0.717, 1.165) is 25.9 Å². The predicted octanol–water partition coefficient (Wildman–Crippen LogP) is 2.15. The number of nitrogens with zero attached hydrogens (tertiary/aromatic N) is 1. The zero-order valence-corrected chi connectivity index (χ0v) is 11.0. The monoisotopic (exact) mass is 248 g/mol. The highest BCUT2D eigenvalue weighted by molar-refractivity contribution is 6.01. The van der Waals surface area contributed by atoms with Gasteiger partial charge in [-0.1, -0.05) is 13.0 Å². The Morgan fingerprint density at radius 1 is 1.39 bits per heavy atom. The molecule has 0 atom stereocenters. The molecule has 1 heterocycles. The predicted molar refractivity (Wildman–Crippen MR) is 71.7 cm³/mol. The first-order chi connectivity index (χ1) is 8.63. The van der Waals surface area contributed by atoms with Gasteiger partial charge in [-0.3, -0.25) is 4.79 Å². The smallest absolute Gasteiger partial charge is 0.259 e. The first kappa shape index (κ1) is 12.7. The normalized spacial score (nSPS) is 16.7. The Labute approximate surface area is 108 Å². The fraction of sp³-hybridized carbons (Fsp3) is 0.500. The molecule has 2 rings (SSSR count). The van der Waals surface area contributed by atoms with Gasteiger partial charge in [0.1, 0.15) is 11.3 Å². The summed E-state index contributed by atoms with van der Waals surface area (Å²) in [6.45, 7) is 3.83. The van der Waals surface area contributed by atoms with E-state index in [1.807, 2.05) is 4.90 Å². The van der Waals surface area contributed by atoms with Gasteiger partial charge < -0.3 is 15.4 Å². The van der Waals surface area contributed by atoms with Crippen LogP contribution in [0.5, 0.6) is 5.75 Å². The van der Waals surface area contributed by atoms with E-state index in [0.29, 0.717) is 22.9 Å². The van der Waals surface area contributed by atoms with Gasteiger partial charge in [0.05, 0.1) is 7.11 Å². The Morgan fingerprint density at radius 3 is 2.67 bits per heavy atom. The minimum Gasteiger partial charge on any atom is -0.496 e. The van der Waals surface area contributed by atoms with Gasteiger partial charge in [-0.2, -0.15) is 0 Å². The van der Waals surface area contributed by atoms with Gasteiger partial charge in [-0.25, -0.2) is 0 Å². The number of nitrogens with two attached hydrogens (primary N) is 1. The number of hydrogen-bond acceptors (Lipinski definition) is 3. The van der Waals surface area contributed by atoms with Crippen molar-refractivity contribution >= 4 is 11.6 Å². The molecule has 4 nitrogen and oxygen atoms in total. The summed E-state index contributed by atoms with van der Waals surface area (Å²) in [5.74, 6) is 1.24. The fourth-order valence-corrected chi connectivity index (χ4v) is 2.32. The lowest BCUT2D eigenvalue weighted by molar-refractivity contribution is 0.0695. The van der Waals surface area contributed by atoms with Crippen molar-refractivity contribution in [3.8, 4) is 5.75 Å². The minimum absolute atomic E-state index is 0.0168. The number of piperidine rings is 1. The number of methoxy groups -OCH3 is 1. The molecule has 0 aromatic heterocycles. The Morgan fingerprint density at radius 2 is 2.06 bits per heavy atom. The molecule has 98 valence electrons. The van der Waals surface area contributed by atoms with Crippen molar-refractivity contribution in [1.29, 1.82) is 0 Å². The highest BCUT2D eigenvalue weighted by Gasteiger charge is 2.25. The van der Waals surface area contributed by atoms with Crippen LogP contribution in [0.4, 0.5) is 5.69 Å². The second-order valence-electron chi connectivity index (χ2n) is 4.90. The molecule has 1 saturated heterocycles. The molecule has 1 aliphatic rings. The Bertz CT molecular complexity index is 437. The number of ether oxygens (including phenoxy) is 1. The van der Waals surface area contributed by atoms with E-state index in [4.69, 9.17) is 10.5 Å². The van der Waals surface area contributed by atoms with Crippen LogP contribution in [0.2, 0.25) is 0 Å². The van der Waals surface area contributed by atoms with E-state index in [9.17, 15) is 4.79 Å². The third-order valence-corrected chi connectivity index (χ3v) is 3.56. The van der Waals surface area contributed by atoms with E-state index in [-0.39, 0.29) is 5.91 Å². The van der Waals surface area contributed by atoms with Crippen molar-refractivity contribution in [2.45, 2.75) is 19.8 Å². The van der Waals surface area contributed by atoms with E-state index < -0.39 is 0 Å².